The number of hydrogen-bond acceptors (Lipinski definition) is 5. The molecular weight excluding hydrogens is 261 g/mol. The second kappa shape index (κ2) is 5.48. The van der Waals surface area contributed by atoms with Gasteiger partial charge in [-0.2, -0.15) is 4.98 Å². The van der Waals surface area contributed by atoms with Crippen LogP contribution in [0.1, 0.15) is 5.82 Å². The van der Waals surface area contributed by atoms with Gasteiger partial charge in [0.1, 0.15) is 0 Å². The zero-order valence-electron chi connectivity index (χ0n) is 10.4. The summed E-state index contributed by atoms with van der Waals surface area (Å²) in [6, 6.07) is 9.67. The summed E-state index contributed by atoms with van der Waals surface area (Å²) in [5.74, 6) is 0.452. The number of aromatic nitrogens is 3. The van der Waals surface area contributed by atoms with Crippen LogP contribution in [0.2, 0.25) is 0 Å². The second-order valence-electron chi connectivity index (χ2n) is 3.97. The summed E-state index contributed by atoms with van der Waals surface area (Å²) in [6.07, 6.45) is 3.27. The molecule has 0 amide bonds. The maximum atomic E-state index is 13.4. The summed E-state index contributed by atoms with van der Waals surface area (Å²) in [5, 5.41) is 3.78. The smallest absolute Gasteiger partial charge is 0.258 e. The maximum Gasteiger partial charge on any atom is 0.258 e. The van der Waals surface area contributed by atoms with Crippen molar-refractivity contribution in [3.8, 4) is 17.2 Å². The van der Waals surface area contributed by atoms with Crippen LogP contribution in [0.15, 0.2) is 53.3 Å². The highest BCUT2D eigenvalue weighted by Crippen LogP contribution is 2.18. The van der Waals surface area contributed by atoms with Crippen molar-refractivity contribution in [1.29, 1.82) is 0 Å². The molecule has 3 rings (SSSR count). The number of pyridine rings is 1. The Kier molecular flexibility index (Phi) is 3.36. The van der Waals surface area contributed by atoms with Crippen LogP contribution in [0, 0.1) is 5.82 Å². The van der Waals surface area contributed by atoms with E-state index in [1.165, 1.54) is 6.07 Å². The third-order valence-corrected chi connectivity index (χ3v) is 2.59. The summed E-state index contributed by atoms with van der Waals surface area (Å²) in [6.45, 7) is 0.0372. The minimum absolute atomic E-state index is 0.0372. The van der Waals surface area contributed by atoms with E-state index < -0.39 is 5.82 Å². The largest absolute Gasteiger partial charge is 0.482 e. The monoisotopic (exact) mass is 271 g/mol. The number of ether oxygens (including phenoxy) is 1. The van der Waals surface area contributed by atoms with Crippen molar-refractivity contribution in [3.63, 3.8) is 0 Å². The SMILES string of the molecule is Fc1ccccc1OCc1noc(-c2ccncc2)n1. The lowest BCUT2D eigenvalue weighted by molar-refractivity contribution is 0.274. The predicted molar refractivity (Wildman–Crippen MR) is 68.3 cm³/mol. The van der Waals surface area contributed by atoms with Gasteiger partial charge in [-0.3, -0.25) is 4.98 Å². The van der Waals surface area contributed by atoms with Gasteiger partial charge in [-0.25, -0.2) is 4.39 Å². The molecule has 0 radical (unpaired) electrons. The molecule has 0 atom stereocenters. The highest BCUT2D eigenvalue weighted by atomic mass is 19.1. The van der Waals surface area contributed by atoms with E-state index in [9.17, 15) is 4.39 Å². The first-order valence-corrected chi connectivity index (χ1v) is 5.93. The zero-order valence-corrected chi connectivity index (χ0v) is 10.4. The Bertz CT molecular complexity index is 700. The fourth-order valence-corrected chi connectivity index (χ4v) is 1.63. The van der Waals surface area contributed by atoms with E-state index in [1.807, 2.05) is 0 Å². The molecule has 100 valence electrons. The van der Waals surface area contributed by atoms with Crippen LogP contribution in [0.5, 0.6) is 5.75 Å². The van der Waals surface area contributed by atoms with Gasteiger partial charge in [0.2, 0.25) is 5.82 Å². The standard InChI is InChI=1S/C14H10FN3O2/c15-11-3-1-2-4-12(11)19-9-13-17-14(20-18-13)10-5-7-16-8-6-10/h1-8H,9H2. The summed E-state index contributed by atoms with van der Waals surface area (Å²) in [4.78, 5) is 8.08. The fourth-order valence-electron chi connectivity index (χ4n) is 1.63. The molecule has 20 heavy (non-hydrogen) atoms. The Morgan fingerprint density at radius 3 is 2.70 bits per heavy atom. The summed E-state index contributed by atoms with van der Waals surface area (Å²) in [7, 11) is 0. The number of hydrogen-bond donors (Lipinski definition) is 0. The summed E-state index contributed by atoms with van der Waals surface area (Å²) in [5.41, 5.74) is 0.768. The average molecular weight is 271 g/mol. The van der Waals surface area contributed by atoms with Gasteiger partial charge >= 0.3 is 0 Å². The molecule has 0 aliphatic heterocycles. The van der Waals surface area contributed by atoms with Crippen molar-refractivity contribution in [1.82, 2.24) is 15.1 Å². The molecule has 0 bridgehead atoms. The molecule has 2 heterocycles. The van der Waals surface area contributed by atoms with Crippen LogP contribution >= 0.6 is 0 Å². The van der Waals surface area contributed by atoms with Gasteiger partial charge in [-0.1, -0.05) is 17.3 Å². The van der Waals surface area contributed by atoms with E-state index in [0.29, 0.717) is 11.7 Å². The molecule has 0 spiro atoms. The molecule has 0 aliphatic carbocycles. The molecule has 1 aromatic carbocycles. The Morgan fingerprint density at radius 1 is 1.10 bits per heavy atom. The Labute approximate surface area is 114 Å². The maximum absolute atomic E-state index is 13.4. The first-order valence-electron chi connectivity index (χ1n) is 5.93. The van der Waals surface area contributed by atoms with Crippen molar-refractivity contribution in [2.24, 2.45) is 0 Å². The minimum Gasteiger partial charge on any atom is -0.482 e. The molecule has 0 saturated carbocycles. The highest BCUT2D eigenvalue weighted by molar-refractivity contribution is 5.50. The number of para-hydroxylation sites is 1. The lowest BCUT2D eigenvalue weighted by atomic mass is 10.3. The number of halogens is 1. The van der Waals surface area contributed by atoms with E-state index in [1.54, 1.807) is 42.7 Å². The first-order chi connectivity index (χ1) is 9.83. The van der Waals surface area contributed by atoms with E-state index in [0.717, 1.165) is 5.56 Å². The first kappa shape index (κ1) is 12.3. The van der Waals surface area contributed by atoms with Crippen LogP contribution in [-0.4, -0.2) is 15.1 Å². The molecule has 0 aliphatic rings. The van der Waals surface area contributed by atoms with Crippen LogP contribution in [0.3, 0.4) is 0 Å². The Morgan fingerprint density at radius 2 is 1.90 bits per heavy atom. The lowest BCUT2D eigenvalue weighted by Gasteiger charge is -2.03. The topological polar surface area (TPSA) is 61.0 Å². The van der Waals surface area contributed by atoms with E-state index in [-0.39, 0.29) is 12.4 Å². The Balaban J connectivity index is 1.71. The molecule has 0 saturated heterocycles. The molecular formula is C14H10FN3O2. The van der Waals surface area contributed by atoms with Crippen LogP contribution in [-0.2, 0) is 6.61 Å². The fraction of sp³-hybridized carbons (Fsp3) is 0.0714. The highest BCUT2D eigenvalue weighted by Gasteiger charge is 2.10. The molecule has 5 nitrogen and oxygen atoms in total. The number of nitrogens with zero attached hydrogens (tertiary/aromatic N) is 3. The van der Waals surface area contributed by atoms with Gasteiger partial charge < -0.3 is 9.26 Å². The lowest BCUT2D eigenvalue weighted by Crippen LogP contribution is -1.99. The van der Waals surface area contributed by atoms with Crippen molar-refractivity contribution in [2.45, 2.75) is 6.61 Å². The molecule has 0 fully saturated rings. The summed E-state index contributed by atoms with van der Waals surface area (Å²) >= 11 is 0. The van der Waals surface area contributed by atoms with Crippen molar-refractivity contribution in [2.75, 3.05) is 0 Å². The molecule has 0 unspecified atom stereocenters. The van der Waals surface area contributed by atoms with E-state index in [2.05, 4.69) is 15.1 Å². The number of rotatable bonds is 4. The molecule has 3 aromatic rings. The number of benzene rings is 1. The molecule has 0 N–H and O–H groups in total. The van der Waals surface area contributed by atoms with Crippen LogP contribution in [0.25, 0.3) is 11.5 Å². The molecule has 2 aromatic heterocycles. The normalized spacial score (nSPS) is 10.4. The van der Waals surface area contributed by atoms with E-state index in [4.69, 9.17) is 9.26 Å². The predicted octanol–water partition coefficient (Wildman–Crippen LogP) is 2.85. The van der Waals surface area contributed by atoms with Crippen LogP contribution in [0.4, 0.5) is 4.39 Å². The average Bonchev–Trinajstić information content (AvgIpc) is 2.96. The molecule has 6 heteroatoms. The van der Waals surface area contributed by atoms with Gasteiger partial charge in [0.25, 0.3) is 5.89 Å². The third-order valence-electron chi connectivity index (χ3n) is 2.59. The van der Waals surface area contributed by atoms with Crippen molar-refractivity contribution < 1.29 is 13.7 Å². The van der Waals surface area contributed by atoms with Gasteiger partial charge in [0.05, 0.1) is 0 Å². The summed E-state index contributed by atoms with van der Waals surface area (Å²) < 4.78 is 23.8. The zero-order chi connectivity index (χ0) is 13.8. The minimum atomic E-state index is -0.426. The second-order valence-corrected chi connectivity index (χ2v) is 3.97. The quantitative estimate of drug-likeness (QED) is 0.730. The van der Waals surface area contributed by atoms with Gasteiger partial charge in [-0.15, -0.1) is 0 Å². The van der Waals surface area contributed by atoms with Crippen molar-refractivity contribution in [3.05, 3.63) is 60.4 Å². The Hall–Kier alpha value is -2.76. The van der Waals surface area contributed by atoms with Crippen LogP contribution < -0.4 is 4.74 Å². The van der Waals surface area contributed by atoms with Crippen molar-refractivity contribution >= 4 is 0 Å². The van der Waals surface area contributed by atoms with E-state index >= 15 is 0 Å². The third kappa shape index (κ3) is 2.64. The van der Waals surface area contributed by atoms with Gasteiger partial charge in [0.15, 0.2) is 18.2 Å². The van der Waals surface area contributed by atoms with Gasteiger partial charge in [0, 0.05) is 18.0 Å². The van der Waals surface area contributed by atoms with Gasteiger partial charge in [-0.05, 0) is 24.3 Å².